The molecule has 0 unspecified atom stereocenters. The Morgan fingerprint density at radius 2 is 2.08 bits per heavy atom. The van der Waals surface area contributed by atoms with Crippen LogP contribution in [0.5, 0.6) is 0 Å². The van der Waals surface area contributed by atoms with E-state index < -0.39 is 0 Å². The van der Waals surface area contributed by atoms with E-state index >= 15 is 0 Å². The number of thiophene rings is 1. The molecule has 1 aliphatic carbocycles. The van der Waals surface area contributed by atoms with Crippen LogP contribution in [0.2, 0.25) is 0 Å². The fourth-order valence-electron chi connectivity index (χ4n) is 4.55. The minimum Gasteiger partial charge on any atom is -0.359 e. The van der Waals surface area contributed by atoms with Crippen LogP contribution < -0.4 is 5.32 Å². The zero-order valence-electron chi connectivity index (χ0n) is 20.6. The van der Waals surface area contributed by atoms with Gasteiger partial charge < -0.3 is 10.3 Å². The number of nitrogens with one attached hydrogen (secondary N) is 3. The number of H-pyrrole nitrogens is 2. The Morgan fingerprint density at radius 3 is 2.81 bits per heavy atom. The molecule has 0 bridgehead atoms. The van der Waals surface area contributed by atoms with Crippen molar-refractivity contribution in [1.29, 1.82) is 0 Å². The molecule has 0 aromatic carbocycles. The van der Waals surface area contributed by atoms with E-state index in [1.54, 1.807) is 17.5 Å². The molecule has 0 saturated heterocycles. The van der Waals surface area contributed by atoms with E-state index in [0.29, 0.717) is 23.1 Å². The van der Waals surface area contributed by atoms with E-state index in [2.05, 4.69) is 56.2 Å². The van der Waals surface area contributed by atoms with Crippen LogP contribution in [0.25, 0.3) is 49.7 Å². The lowest BCUT2D eigenvalue weighted by atomic mass is 9.83. The monoisotopic (exact) mass is 505 g/mol. The van der Waals surface area contributed by atoms with Crippen molar-refractivity contribution in [2.75, 3.05) is 0 Å². The maximum atomic E-state index is 4.98. The topological polar surface area (TPSA) is 95.2 Å². The molecule has 1 fully saturated rings. The number of hydrogen-bond donors (Lipinski definition) is 3. The van der Waals surface area contributed by atoms with Gasteiger partial charge in [-0.25, -0.2) is 15.0 Å². The fraction of sp³-hybridized carbons (Fsp3) is 0.172. The summed E-state index contributed by atoms with van der Waals surface area (Å²) in [5, 5.41) is 13.2. The molecule has 184 valence electrons. The Bertz CT molecular complexity index is 1680. The SMILES string of the molecule is C=C/C(=C\C(=C/C)c1ccc2[nH]nc(-c3nc4nccc(-c5cccs5)c4[nH]3)c2n1)NC(=C)C1CCC1. The van der Waals surface area contributed by atoms with Gasteiger partial charge in [-0.05, 0) is 73.1 Å². The van der Waals surface area contributed by atoms with Gasteiger partial charge in [-0.3, -0.25) is 5.10 Å². The summed E-state index contributed by atoms with van der Waals surface area (Å²) in [6, 6.07) is 10.1. The molecule has 8 heteroatoms. The molecule has 0 atom stereocenters. The highest BCUT2D eigenvalue weighted by atomic mass is 32.1. The smallest absolute Gasteiger partial charge is 0.178 e. The van der Waals surface area contributed by atoms with Crippen LogP contribution in [0.15, 0.2) is 84.7 Å². The molecule has 6 rings (SSSR count). The van der Waals surface area contributed by atoms with Gasteiger partial charge in [0.15, 0.2) is 17.2 Å². The van der Waals surface area contributed by atoms with E-state index in [-0.39, 0.29) is 0 Å². The highest BCUT2D eigenvalue weighted by Crippen LogP contribution is 2.33. The van der Waals surface area contributed by atoms with Crippen LogP contribution in [-0.2, 0) is 0 Å². The van der Waals surface area contributed by atoms with Crippen molar-refractivity contribution in [3.63, 3.8) is 0 Å². The predicted molar refractivity (Wildman–Crippen MR) is 152 cm³/mol. The van der Waals surface area contributed by atoms with Gasteiger partial charge in [-0.1, -0.05) is 31.7 Å². The van der Waals surface area contributed by atoms with Crippen LogP contribution in [-0.4, -0.2) is 30.1 Å². The van der Waals surface area contributed by atoms with E-state index in [9.17, 15) is 0 Å². The Labute approximate surface area is 218 Å². The Balaban J connectivity index is 1.37. The van der Waals surface area contributed by atoms with Gasteiger partial charge in [-0.2, -0.15) is 5.10 Å². The summed E-state index contributed by atoms with van der Waals surface area (Å²) in [7, 11) is 0. The first-order chi connectivity index (χ1) is 18.1. The first kappa shape index (κ1) is 23.1. The molecular weight excluding hydrogens is 478 g/mol. The largest absolute Gasteiger partial charge is 0.359 e. The Kier molecular flexibility index (Phi) is 6.02. The van der Waals surface area contributed by atoms with Crippen LogP contribution in [0.4, 0.5) is 0 Å². The maximum absolute atomic E-state index is 4.98. The lowest BCUT2D eigenvalue weighted by molar-refractivity contribution is 0.356. The summed E-state index contributed by atoms with van der Waals surface area (Å²) < 4.78 is 0. The third-order valence-corrected chi connectivity index (χ3v) is 7.75. The molecule has 0 amide bonds. The first-order valence-corrected chi connectivity index (χ1v) is 13.2. The molecule has 7 nitrogen and oxygen atoms in total. The minimum absolute atomic E-state index is 0.541. The molecule has 3 N–H and O–H groups in total. The first-order valence-electron chi connectivity index (χ1n) is 12.4. The fourth-order valence-corrected chi connectivity index (χ4v) is 5.31. The molecular formula is C29H27N7S. The second kappa shape index (κ2) is 9.63. The highest BCUT2D eigenvalue weighted by molar-refractivity contribution is 7.13. The zero-order valence-corrected chi connectivity index (χ0v) is 21.4. The molecule has 0 spiro atoms. The van der Waals surface area contributed by atoms with Crippen molar-refractivity contribution in [2.24, 2.45) is 5.92 Å². The molecule has 1 saturated carbocycles. The van der Waals surface area contributed by atoms with Gasteiger partial charge in [0.25, 0.3) is 0 Å². The van der Waals surface area contributed by atoms with E-state index in [0.717, 1.165) is 49.7 Å². The average Bonchev–Trinajstić information content (AvgIpc) is 3.64. The number of nitrogens with zero attached hydrogens (tertiary/aromatic N) is 4. The van der Waals surface area contributed by atoms with Gasteiger partial charge >= 0.3 is 0 Å². The number of fused-ring (bicyclic) bond motifs is 2. The second-order valence-corrected chi connectivity index (χ2v) is 10.1. The number of aromatic nitrogens is 6. The lowest BCUT2D eigenvalue weighted by Crippen LogP contribution is -2.23. The molecule has 5 aromatic heterocycles. The summed E-state index contributed by atoms with van der Waals surface area (Å²) in [4.78, 5) is 18.8. The summed E-state index contributed by atoms with van der Waals surface area (Å²) in [6.07, 6.45) is 11.4. The number of aromatic amines is 2. The van der Waals surface area contributed by atoms with Crippen LogP contribution >= 0.6 is 11.3 Å². The minimum atomic E-state index is 0.541. The van der Waals surface area contributed by atoms with Gasteiger partial charge in [0.2, 0.25) is 0 Å². The third kappa shape index (κ3) is 4.29. The van der Waals surface area contributed by atoms with E-state index in [1.807, 2.05) is 43.3 Å². The summed E-state index contributed by atoms with van der Waals surface area (Å²) >= 11 is 1.68. The standard InChI is InChI=1S/C29H27N7S/c1-4-18(16-20(5-2)31-17(3)19-8-6-9-19)22-11-12-23-26(32-22)27(36-35-23)29-33-25-21(24-10-7-15-37-24)13-14-30-28(25)34-29/h4-5,7,10-16,19,31H,2-3,6,8-9H2,1H3,(H,35,36)(H,30,33,34)/b18-4+,20-16+. The summed E-state index contributed by atoms with van der Waals surface area (Å²) in [5.74, 6) is 1.17. The Hall–Kier alpha value is -4.30. The summed E-state index contributed by atoms with van der Waals surface area (Å²) in [6.45, 7) is 10.2. The quantitative estimate of drug-likeness (QED) is 0.197. The maximum Gasteiger partial charge on any atom is 0.178 e. The van der Waals surface area contributed by atoms with Crippen molar-refractivity contribution < 1.29 is 0 Å². The van der Waals surface area contributed by atoms with Crippen molar-refractivity contribution in [3.05, 3.63) is 90.4 Å². The molecule has 0 aliphatic heterocycles. The lowest BCUT2D eigenvalue weighted by Gasteiger charge is -2.28. The number of imidazole rings is 1. The third-order valence-electron chi connectivity index (χ3n) is 6.85. The molecule has 0 radical (unpaired) electrons. The molecule has 37 heavy (non-hydrogen) atoms. The molecule has 5 aromatic rings. The molecule has 1 aliphatic rings. The zero-order chi connectivity index (χ0) is 25.4. The second-order valence-electron chi connectivity index (χ2n) is 9.11. The summed E-state index contributed by atoms with van der Waals surface area (Å²) in [5.41, 5.74) is 8.62. The van der Waals surface area contributed by atoms with Crippen molar-refractivity contribution >= 4 is 39.1 Å². The van der Waals surface area contributed by atoms with E-state index in [1.165, 1.54) is 19.3 Å². The Morgan fingerprint density at radius 1 is 1.19 bits per heavy atom. The van der Waals surface area contributed by atoms with Gasteiger partial charge in [-0.15, -0.1) is 11.3 Å². The average molecular weight is 506 g/mol. The van der Waals surface area contributed by atoms with Crippen LogP contribution in [0.1, 0.15) is 31.9 Å². The molecule has 5 heterocycles. The highest BCUT2D eigenvalue weighted by Gasteiger charge is 2.21. The number of allylic oxidation sites excluding steroid dienone is 5. The van der Waals surface area contributed by atoms with Gasteiger partial charge in [0, 0.05) is 28.0 Å². The number of hydrogen-bond acceptors (Lipinski definition) is 6. The van der Waals surface area contributed by atoms with Crippen molar-refractivity contribution in [1.82, 2.24) is 35.5 Å². The van der Waals surface area contributed by atoms with Crippen molar-refractivity contribution in [2.45, 2.75) is 26.2 Å². The van der Waals surface area contributed by atoms with Gasteiger partial charge in [0.05, 0.1) is 16.7 Å². The van der Waals surface area contributed by atoms with Crippen LogP contribution in [0, 0.1) is 5.92 Å². The van der Waals surface area contributed by atoms with Crippen LogP contribution in [0.3, 0.4) is 0 Å². The van der Waals surface area contributed by atoms with Gasteiger partial charge in [0.1, 0.15) is 5.52 Å². The normalized spacial score (nSPS) is 14.7. The number of pyridine rings is 2. The number of rotatable bonds is 8. The predicted octanol–water partition coefficient (Wildman–Crippen LogP) is 7.00. The van der Waals surface area contributed by atoms with E-state index in [4.69, 9.17) is 9.97 Å². The van der Waals surface area contributed by atoms with Crippen molar-refractivity contribution in [3.8, 4) is 22.0 Å².